The number of hydrogen-bond donors (Lipinski definition) is 2. The SMILES string of the molecule is COc1ccc(-c2[nH]ncc2CN[C@H]2CCCN(C)C2)cc1. The summed E-state index contributed by atoms with van der Waals surface area (Å²) in [4.78, 5) is 2.39. The first-order chi connectivity index (χ1) is 10.8. The summed E-state index contributed by atoms with van der Waals surface area (Å²) in [6.07, 6.45) is 4.43. The van der Waals surface area contributed by atoms with E-state index in [-0.39, 0.29) is 0 Å². The lowest BCUT2D eigenvalue weighted by atomic mass is 10.0. The van der Waals surface area contributed by atoms with Crippen molar-refractivity contribution in [3.63, 3.8) is 0 Å². The zero-order chi connectivity index (χ0) is 15.4. The highest BCUT2D eigenvalue weighted by Gasteiger charge is 2.17. The molecule has 2 heterocycles. The molecule has 0 radical (unpaired) electrons. The van der Waals surface area contributed by atoms with E-state index in [2.05, 4.69) is 39.6 Å². The molecule has 1 fully saturated rings. The molecular weight excluding hydrogens is 276 g/mol. The number of aromatic amines is 1. The van der Waals surface area contributed by atoms with E-state index in [1.54, 1.807) is 7.11 Å². The minimum atomic E-state index is 0.567. The molecule has 2 aromatic rings. The summed E-state index contributed by atoms with van der Waals surface area (Å²) in [6, 6.07) is 8.64. The van der Waals surface area contributed by atoms with Crippen LogP contribution in [-0.2, 0) is 6.54 Å². The van der Waals surface area contributed by atoms with Gasteiger partial charge in [0.25, 0.3) is 0 Å². The molecular formula is C17H24N4O. The number of benzene rings is 1. The van der Waals surface area contributed by atoms with Gasteiger partial charge in [0.05, 0.1) is 19.0 Å². The Bertz CT molecular complexity index is 593. The Morgan fingerprint density at radius 1 is 1.36 bits per heavy atom. The molecule has 1 aromatic carbocycles. The number of piperidine rings is 1. The van der Waals surface area contributed by atoms with E-state index < -0.39 is 0 Å². The van der Waals surface area contributed by atoms with Crippen molar-refractivity contribution in [2.75, 3.05) is 27.2 Å². The van der Waals surface area contributed by atoms with E-state index in [0.717, 1.165) is 30.1 Å². The zero-order valence-electron chi connectivity index (χ0n) is 13.3. The van der Waals surface area contributed by atoms with E-state index in [1.807, 2.05) is 18.3 Å². The maximum absolute atomic E-state index is 5.21. The fourth-order valence-corrected chi connectivity index (χ4v) is 3.04. The Morgan fingerprint density at radius 2 is 2.18 bits per heavy atom. The maximum atomic E-state index is 5.21. The third-order valence-electron chi connectivity index (χ3n) is 4.30. The number of ether oxygens (including phenoxy) is 1. The number of nitrogens with one attached hydrogen (secondary N) is 2. The lowest BCUT2D eigenvalue weighted by Gasteiger charge is -2.30. The molecule has 1 aliphatic rings. The smallest absolute Gasteiger partial charge is 0.118 e. The van der Waals surface area contributed by atoms with Crippen molar-refractivity contribution >= 4 is 0 Å². The van der Waals surface area contributed by atoms with Crippen LogP contribution in [0.2, 0.25) is 0 Å². The van der Waals surface area contributed by atoms with E-state index in [9.17, 15) is 0 Å². The molecule has 1 aromatic heterocycles. The molecule has 3 rings (SSSR count). The molecule has 0 spiro atoms. The molecule has 0 saturated carbocycles. The number of methoxy groups -OCH3 is 1. The highest BCUT2D eigenvalue weighted by Crippen LogP contribution is 2.23. The van der Waals surface area contributed by atoms with Gasteiger partial charge in [0.2, 0.25) is 0 Å². The first-order valence-corrected chi connectivity index (χ1v) is 7.85. The summed E-state index contributed by atoms with van der Waals surface area (Å²) in [7, 11) is 3.87. The molecule has 0 bridgehead atoms. The molecule has 1 atom stereocenters. The number of likely N-dealkylation sites (N-methyl/N-ethyl adjacent to an activating group) is 1. The Labute approximate surface area is 131 Å². The Morgan fingerprint density at radius 3 is 2.91 bits per heavy atom. The average Bonchev–Trinajstić information content (AvgIpc) is 3.01. The summed E-state index contributed by atoms with van der Waals surface area (Å²) in [6.45, 7) is 3.17. The fourth-order valence-electron chi connectivity index (χ4n) is 3.04. The van der Waals surface area contributed by atoms with Gasteiger partial charge in [-0.25, -0.2) is 0 Å². The summed E-state index contributed by atoms with van der Waals surface area (Å²) >= 11 is 0. The molecule has 1 saturated heterocycles. The van der Waals surface area contributed by atoms with Gasteiger partial charge >= 0.3 is 0 Å². The van der Waals surface area contributed by atoms with Gasteiger partial charge in [0.15, 0.2) is 0 Å². The fraction of sp³-hybridized carbons (Fsp3) is 0.471. The van der Waals surface area contributed by atoms with Crippen molar-refractivity contribution in [2.45, 2.75) is 25.4 Å². The summed E-state index contributed by atoms with van der Waals surface area (Å²) in [5.41, 5.74) is 3.42. The van der Waals surface area contributed by atoms with Crippen LogP contribution in [0, 0.1) is 0 Å². The van der Waals surface area contributed by atoms with Crippen LogP contribution in [0.4, 0.5) is 0 Å². The Kier molecular flexibility index (Phi) is 4.75. The highest BCUT2D eigenvalue weighted by molar-refractivity contribution is 5.63. The minimum Gasteiger partial charge on any atom is -0.497 e. The van der Waals surface area contributed by atoms with Gasteiger partial charge in [0.1, 0.15) is 5.75 Å². The quantitative estimate of drug-likeness (QED) is 0.889. The second-order valence-corrected chi connectivity index (χ2v) is 5.98. The van der Waals surface area contributed by atoms with Crippen molar-refractivity contribution in [1.82, 2.24) is 20.4 Å². The molecule has 5 heteroatoms. The van der Waals surface area contributed by atoms with Gasteiger partial charge < -0.3 is 15.0 Å². The van der Waals surface area contributed by atoms with Crippen LogP contribution < -0.4 is 10.1 Å². The van der Waals surface area contributed by atoms with Crippen molar-refractivity contribution in [2.24, 2.45) is 0 Å². The first-order valence-electron chi connectivity index (χ1n) is 7.85. The van der Waals surface area contributed by atoms with Gasteiger partial charge in [-0.05, 0) is 50.7 Å². The predicted molar refractivity (Wildman–Crippen MR) is 87.9 cm³/mol. The van der Waals surface area contributed by atoms with Crippen molar-refractivity contribution in [3.8, 4) is 17.0 Å². The molecule has 118 valence electrons. The van der Waals surface area contributed by atoms with Gasteiger partial charge in [-0.1, -0.05) is 0 Å². The van der Waals surface area contributed by atoms with Gasteiger partial charge in [-0.3, -0.25) is 5.10 Å². The third-order valence-corrected chi connectivity index (χ3v) is 4.30. The van der Waals surface area contributed by atoms with Crippen LogP contribution in [0.1, 0.15) is 18.4 Å². The molecule has 5 nitrogen and oxygen atoms in total. The first kappa shape index (κ1) is 15.1. The standard InChI is InChI=1S/C17H24N4O/c1-21-9-3-4-15(12-21)18-10-14-11-19-20-17(14)13-5-7-16(22-2)8-6-13/h5-8,11,15,18H,3-4,9-10,12H2,1-2H3,(H,19,20)/t15-/m0/s1. The molecule has 22 heavy (non-hydrogen) atoms. The third kappa shape index (κ3) is 3.48. The van der Waals surface area contributed by atoms with Crippen LogP contribution in [-0.4, -0.2) is 48.4 Å². The summed E-state index contributed by atoms with van der Waals surface area (Å²) < 4.78 is 5.21. The van der Waals surface area contributed by atoms with E-state index in [0.29, 0.717) is 6.04 Å². The van der Waals surface area contributed by atoms with Crippen LogP contribution >= 0.6 is 0 Å². The van der Waals surface area contributed by atoms with Crippen molar-refractivity contribution in [1.29, 1.82) is 0 Å². The van der Waals surface area contributed by atoms with Crippen molar-refractivity contribution < 1.29 is 4.74 Å². The van der Waals surface area contributed by atoms with Crippen LogP contribution in [0.3, 0.4) is 0 Å². The Balaban J connectivity index is 1.66. The largest absolute Gasteiger partial charge is 0.497 e. The van der Waals surface area contributed by atoms with Gasteiger partial charge in [-0.2, -0.15) is 5.10 Å². The molecule has 0 unspecified atom stereocenters. The van der Waals surface area contributed by atoms with E-state index in [1.165, 1.54) is 24.9 Å². The average molecular weight is 300 g/mol. The lowest BCUT2D eigenvalue weighted by Crippen LogP contribution is -2.43. The Hall–Kier alpha value is -1.85. The number of rotatable bonds is 5. The predicted octanol–water partition coefficient (Wildman–Crippen LogP) is 2.27. The minimum absolute atomic E-state index is 0.567. The number of hydrogen-bond acceptors (Lipinski definition) is 4. The number of H-pyrrole nitrogens is 1. The molecule has 1 aliphatic heterocycles. The summed E-state index contributed by atoms with van der Waals surface area (Å²) in [5.74, 6) is 0.869. The topological polar surface area (TPSA) is 53.2 Å². The van der Waals surface area contributed by atoms with Crippen LogP contribution in [0.5, 0.6) is 5.75 Å². The number of likely N-dealkylation sites (tertiary alicyclic amines) is 1. The molecule has 2 N–H and O–H groups in total. The second-order valence-electron chi connectivity index (χ2n) is 5.98. The van der Waals surface area contributed by atoms with Gasteiger partial charge in [0, 0.05) is 30.3 Å². The second kappa shape index (κ2) is 6.94. The summed E-state index contributed by atoms with van der Waals surface area (Å²) in [5, 5.41) is 11.0. The zero-order valence-corrected chi connectivity index (χ0v) is 13.3. The highest BCUT2D eigenvalue weighted by atomic mass is 16.5. The van der Waals surface area contributed by atoms with E-state index in [4.69, 9.17) is 4.74 Å². The normalized spacial score (nSPS) is 19.3. The van der Waals surface area contributed by atoms with Crippen molar-refractivity contribution in [3.05, 3.63) is 36.0 Å². The maximum Gasteiger partial charge on any atom is 0.118 e. The van der Waals surface area contributed by atoms with Gasteiger partial charge in [-0.15, -0.1) is 0 Å². The number of nitrogens with zero attached hydrogens (tertiary/aromatic N) is 2. The number of aromatic nitrogens is 2. The molecule has 0 aliphatic carbocycles. The van der Waals surface area contributed by atoms with E-state index >= 15 is 0 Å². The lowest BCUT2D eigenvalue weighted by molar-refractivity contribution is 0.226. The van der Waals surface area contributed by atoms with Crippen LogP contribution in [0.25, 0.3) is 11.3 Å². The molecule has 0 amide bonds. The van der Waals surface area contributed by atoms with Crippen LogP contribution in [0.15, 0.2) is 30.5 Å². The monoisotopic (exact) mass is 300 g/mol.